The molecule has 0 aliphatic rings. The highest BCUT2D eigenvalue weighted by Crippen LogP contribution is 2.21. The van der Waals surface area contributed by atoms with Gasteiger partial charge in [0, 0.05) is 12.5 Å². The van der Waals surface area contributed by atoms with E-state index in [0.29, 0.717) is 18.9 Å². The lowest BCUT2D eigenvalue weighted by Crippen LogP contribution is -2.16. The topological polar surface area (TPSA) is 47.0 Å². The second-order valence-corrected chi connectivity index (χ2v) is 3.54. The second-order valence-electron chi connectivity index (χ2n) is 3.54. The maximum Gasteiger partial charge on any atom is 0.221 e. The van der Waals surface area contributed by atoms with Crippen LogP contribution in [0, 0.1) is 19.3 Å². The van der Waals surface area contributed by atoms with Crippen LogP contribution in [0.15, 0.2) is 6.33 Å². The van der Waals surface area contributed by atoms with Gasteiger partial charge in [0.25, 0.3) is 0 Å². The van der Waals surface area contributed by atoms with Crippen molar-refractivity contribution in [3.05, 3.63) is 11.9 Å². The van der Waals surface area contributed by atoms with Gasteiger partial charge < -0.3 is 10.1 Å². The summed E-state index contributed by atoms with van der Waals surface area (Å²) in [6.07, 6.45) is 7.40. The van der Waals surface area contributed by atoms with Crippen LogP contribution in [0.2, 0.25) is 0 Å². The molecule has 86 valence electrons. The Morgan fingerprint density at radius 1 is 1.56 bits per heavy atom. The summed E-state index contributed by atoms with van der Waals surface area (Å²) in [5, 5.41) is 3.24. The van der Waals surface area contributed by atoms with E-state index in [2.05, 4.69) is 21.2 Å². The van der Waals surface area contributed by atoms with E-state index < -0.39 is 0 Å². The highest BCUT2D eigenvalue weighted by atomic mass is 16.5. The van der Waals surface area contributed by atoms with Crippen molar-refractivity contribution >= 4 is 5.82 Å². The number of hydrogen-bond acceptors (Lipinski definition) is 4. The summed E-state index contributed by atoms with van der Waals surface area (Å²) in [6, 6.07) is 0.188. The fourth-order valence-corrected chi connectivity index (χ4v) is 1.32. The molecule has 0 amide bonds. The first-order valence-electron chi connectivity index (χ1n) is 5.33. The number of ether oxygens (including phenoxy) is 1. The zero-order valence-electron chi connectivity index (χ0n) is 9.95. The largest absolute Gasteiger partial charge is 0.478 e. The average Bonchev–Trinajstić information content (AvgIpc) is 2.24. The summed E-state index contributed by atoms with van der Waals surface area (Å²) in [6.45, 7) is 6.46. The molecule has 1 aromatic heterocycles. The Morgan fingerprint density at radius 2 is 2.31 bits per heavy atom. The van der Waals surface area contributed by atoms with E-state index in [9.17, 15) is 0 Å². The summed E-state index contributed by atoms with van der Waals surface area (Å²) in [5.74, 6) is 4.01. The highest BCUT2D eigenvalue weighted by Gasteiger charge is 2.09. The van der Waals surface area contributed by atoms with Gasteiger partial charge >= 0.3 is 0 Å². The zero-order valence-corrected chi connectivity index (χ0v) is 9.95. The Labute approximate surface area is 96.5 Å². The minimum atomic E-state index is 0.188. The smallest absolute Gasteiger partial charge is 0.221 e. The van der Waals surface area contributed by atoms with Crippen molar-refractivity contribution in [2.75, 3.05) is 11.9 Å². The molecule has 1 unspecified atom stereocenters. The first-order valence-corrected chi connectivity index (χ1v) is 5.33. The lowest BCUT2D eigenvalue weighted by Gasteiger charge is -2.15. The minimum Gasteiger partial charge on any atom is -0.478 e. The number of nitrogens with one attached hydrogen (secondary N) is 1. The van der Waals surface area contributed by atoms with Crippen molar-refractivity contribution in [3.63, 3.8) is 0 Å². The van der Waals surface area contributed by atoms with Crippen molar-refractivity contribution in [2.45, 2.75) is 33.2 Å². The maximum absolute atomic E-state index is 5.39. The summed E-state index contributed by atoms with van der Waals surface area (Å²) >= 11 is 0. The first kappa shape index (κ1) is 12.3. The Morgan fingerprint density at radius 3 is 2.94 bits per heavy atom. The third kappa shape index (κ3) is 3.13. The lowest BCUT2D eigenvalue weighted by atomic mass is 10.2. The molecule has 0 spiro atoms. The van der Waals surface area contributed by atoms with E-state index in [1.54, 1.807) is 0 Å². The van der Waals surface area contributed by atoms with Gasteiger partial charge in [0.05, 0.1) is 12.2 Å². The Hall–Kier alpha value is -1.76. The molecule has 1 rings (SSSR count). The molecule has 0 saturated heterocycles. The zero-order chi connectivity index (χ0) is 12.0. The minimum absolute atomic E-state index is 0.188. The van der Waals surface area contributed by atoms with Gasteiger partial charge in [0.15, 0.2) is 0 Å². The predicted octanol–water partition coefficient (Wildman–Crippen LogP) is 2.01. The van der Waals surface area contributed by atoms with Gasteiger partial charge in [-0.25, -0.2) is 9.97 Å². The molecule has 0 bridgehead atoms. The maximum atomic E-state index is 5.39. The molecule has 1 N–H and O–H groups in total. The van der Waals surface area contributed by atoms with Crippen LogP contribution in [0.3, 0.4) is 0 Å². The normalized spacial score (nSPS) is 11.6. The molecular formula is C12H17N3O. The van der Waals surface area contributed by atoms with Crippen molar-refractivity contribution in [3.8, 4) is 18.2 Å². The standard InChI is InChI=1S/C12H17N3O/c1-5-7-9(3)15-11-10(4)12(16-6-2)14-8-13-11/h1,8-9H,6-7H2,2-4H3,(H,13,14,15). The Balaban J connectivity index is 2.81. The Kier molecular flexibility index (Phi) is 4.59. The summed E-state index contributed by atoms with van der Waals surface area (Å²) < 4.78 is 5.39. The van der Waals surface area contributed by atoms with E-state index >= 15 is 0 Å². The summed E-state index contributed by atoms with van der Waals surface area (Å²) in [7, 11) is 0. The van der Waals surface area contributed by atoms with Crippen molar-refractivity contribution in [1.29, 1.82) is 0 Å². The van der Waals surface area contributed by atoms with Crippen LogP contribution in [0.1, 0.15) is 25.8 Å². The molecule has 0 fully saturated rings. The molecule has 0 aliphatic heterocycles. The van der Waals surface area contributed by atoms with Crippen LogP contribution < -0.4 is 10.1 Å². The Bertz CT molecular complexity index is 384. The van der Waals surface area contributed by atoms with Crippen LogP contribution in [-0.2, 0) is 0 Å². The molecule has 0 aliphatic carbocycles. The molecule has 4 nitrogen and oxygen atoms in total. The predicted molar refractivity (Wildman–Crippen MR) is 64.5 cm³/mol. The molecule has 0 aromatic carbocycles. The number of rotatable bonds is 5. The summed E-state index contributed by atoms with van der Waals surface area (Å²) in [5.41, 5.74) is 0.910. The van der Waals surface area contributed by atoms with Crippen LogP contribution in [0.4, 0.5) is 5.82 Å². The van der Waals surface area contributed by atoms with Gasteiger partial charge in [0.2, 0.25) is 5.88 Å². The van der Waals surface area contributed by atoms with E-state index in [4.69, 9.17) is 11.2 Å². The van der Waals surface area contributed by atoms with Crippen LogP contribution in [0.25, 0.3) is 0 Å². The summed E-state index contributed by atoms with van der Waals surface area (Å²) in [4.78, 5) is 8.24. The fraction of sp³-hybridized carbons (Fsp3) is 0.500. The number of hydrogen-bond donors (Lipinski definition) is 1. The van der Waals surface area contributed by atoms with Gasteiger partial charge in [-0.1, -0.05) is 0 Å². The molecule has 16 heavy (non-hydrogen) atoms. The highest BCUT2D eigenvalue weighted by molar-refractivity contribution is 5.48. The van der Waals surface area contributed by atoms with E-state index in [0.717, 1.165) is 11.4 Å². The van der Waals surface area contributed by atoms with Crippen molar-refractivity contribution in [2.24, 2.45) is 0 Å². The molecule has 0 saturated carbocycles. The monoisotopic (exact) mass is 219 g/mol. The number of anilines is 1. The van der Waals surface area contributed by atoms with Crippen LogP contribution >= 0.6 is 0 Å². The van der Waals surface area contributed by atoms with Gasteiger partial charge in [-0.3, -0.25) is 0 Å². The third-order valence-corrected chi connectivity index (χ3v) is 2.13. The lowest BCUT2D eigenvalue weighted by molar-refractivity contribution is 0.324. The quantitative estimate of drug-likeness (QED) is 0.769. The van der Waals surface area contributed by atoms with E-state index in [1.807, 2.05) is 20.8 Å². The first-order chi connectivity index (χ1) is 7.69. The van der Waals surface area contributed by atoms with Crippen LogP contribution in [0.5, 0.6) is 5.88 Å². The second kappa shape index (κ2) is 5.96. The van der Waals surface area contributed by atoms with Gasteiger partial charge in [-0.15, -0.1) is 12.3 Å². The van der Waals surface area contributed by atoms with Crippen molar-refractivity contribution in [1.82, 2.24) is 9.97 Å². The van der Waals surface area contributed by atoms with Gasteiger partial charge in [0.1, 0.15) is 12.1 Å². The molecule has 1 atom stereocenters. The number of nitrogens with zero attached hydrogens (tertiary/aromatic N) is 2. The van der Waals surface area contributed by atoms with E-state index in [-0.39, 0.29) is 6.04 Å². The third-order valence-electron chi connectivity index (χ3n) is 2.13. The molecule has 4 heteroatoms. The van der Waals surface area contributed by atoms with Gasteiger partial charge in [-0.2, -0.15) is 0 Å². The number of terminal acetylenes is 1. The molecular weight excluding hydrogens is 202 g/mol. The van der Waals surface area contributed by atoms with Gasteiger partial charge in [-0.05, 0) is 20.8 Å². The van der Waals surface area contributed by atoms with Crippen LogP contribution in [-0.4, -0.2) is 22.6 Å². The average molecular weight is 219 g/mol. The molecule has 1 heterocycles. The van der Waals surface area contributed by atoms with Crippen molar-refractivity contribution < 1.29 is 4.74 Å². The SMILES string of the molecule is C#CCC(C)Nc1ncnc(OCC)c1C. The fourth-order valence-electron chi connectivity index (χ4n) is 1.32. The molecule has 0 radical (unpaired) electrons. The van der Waals surface area contributed by atoms with E-state index in [1.165, 1.54) is 6.33 Å². The number of aromatic nitrogens is 2. The molecule has 1 aromatic rings.